The van der Waals surface area contributed by atoms with Crippen LogP contribution in [0, 0.1) is 5.92 Å². The molecule has 1 aromatic rings. The van der Waals surface area contributed by atoms with Gasteiger partial charge in [0.15, 0.2) is 0 Å². The van der Waals surface area contributed by atoms with Crippen LogP contribution in [0.3, 0.4) is 0 Å². The number of nitrogens with one attached hydrogen (secondary N) is 1. The molecule has 2 heterocycles. The summed E-state index contributed by atoms with van der Waals surface area (Å²) in [5.41, 5.74) is 1.16. The molecule has 0 radical (unpaired) electrons. The van der Waals surface area contributed by atoms with E-state index in [0.717, 1.165) is 63.6 Å². The molecule has 1 aliphatic heterocycles. The number of carbonyl (C=O) groups excluding carboxylic acids is 1. The van der Waals surface area contributed by atoms with Gasteiger partial charge in [0.2, 0.25) is 5.91 Å². The zero-order chi connectivity index (χ0) is 17.5. The van der Waals surface area contributed by atoms with Crippen LogP contribution >= 0.6 is 0 Å². The topological polar surface area (TPSA) is 48.5 Å². The minimum atomic E-state index is 0.209. The molecule has 5 heteroatoms. The predicted octanol–water partition coefficient (Wildman–Crippen LogP) is 1.94. The van der Waals surface area contributed by atoms with Crippen molar-refractivity contribution in [3.63, 3.8) is 0 Å². The molecule has 3 rings (SSSR count). The Morgan fingerprint density at radius 1 is 1.20 bits per heavy atom. The van der Waals surface area contributed by atoms with Gasteiger partial charge in [-0.3, -0.25) is 14.7 Å². The van der Waals surface area contributed by atoms with Crippen molar-refractivity contribution in [2.75, 3.05) is 39.3 Å². The van der Waals surface area contributed by atoms with Crippen molar-refractivity contribution in [1.82, 2.24) is 20.1 Å². The van der Waals surface area contributed by atoms with Gasteiger partial charge in [-0.1, -0.05) is 25.8 Å². The van der Waals surface area contributed by atoms with E-state index in [1.54, 1.807) is 0 Å². The number of hydrogen-bond donors (Lipinski definition) is 1. The van der Waals surface area contributed by atoms with Crippen molar-refractivity contribution in [2.45, 2.75) is 45.1 Å². The summed E-state index contributed by atoms with van der Waals surface area (Å²) in [5.74, 6) is 0.961. The highest BCUT2D eigenvalue weighted by Crippen LogP contribution is 2.23. The smallest absolute Gasteiger partial charge is 0.234 e. The number of piperazine rings is 1. The number of hydrogen-bond acceptors (Lipinski definition) is 4. The fraction of sp³-hybridized carbons (Fsp3) is 0.700. The molecule has 1 saturated heterocycles. The monoisotopic (exact) mass is 344 g/mol. The van der Waals surface area contributed by atoms with Crippen LogP contribution in [0.5, 0.6) is 0 Å². The van der Waals surface area contributed by atoms with Gasteiger partial charge in [-0.05, 0) is 30.9 Å². The number of amides is 1. The molecule has 2 fully saturated rings. The first-order chi connectivity index (χ1) is 12.2. The zero-order valence-corrected chi connectivity index (χ0v) is 15.5. The van der Waals surface area contributed by atoms with Gasteiger partial charge in [0.1, 0.15) is 0 Å². The first-order valence-corrected chi connectivity index (χ1v) is 9.83. The third-order valence-corrected chi connectivity index (χ3v) is 5.54. The number of carbonyl (C=O) groups is 1. The van der Waals surface area contributed by atoms with Gasteiger partial charge in [0, 0.05) is 57.1 Å². The van der Waals surface area contributed by atoms with Gasteiger partial charge in [-0.15, -0.1) is 0 Å². The molecule has 0 aromatic carbocycles. The second kappa shape index (κ2) is 9.30. The van der Waals surface area contributed by atoms with Crippen molar-refractivity contribution in [2.24, 2.45) is 5.92 Å². The SMILES string of the molecule is CC1CCCC(NC(=O)CN2CCN(CCc3ccccn3)CC2)C1. The lowest BCUT2D eigenvalue weighted by molar-refractivity contribution is -0.123. The fourth-order valence-corrected chi connectivity index (χ4v) is 4.03. The van der Waals surface area contributed by atoms with Gasteiger partial charge in [0.05, 0.1) is 6.54 Å². The lowest BCUT2D eigenvalue weighted by atomic mass is 9.87. The van der Waals surface area contributed by atoms with E-state index in [-0.39, 0.29) is 5.91 Å². The van der Waals surface area contributed by atoms with Crippen LogP contribution < -0.4 is 5.32 Å². The zero-order valence-electron chi connectivity index (χ0n) is 15.5. The lowest BCUT2D eigenvalue weighted by Crippen LogP contribution is -2.51. The van der Waals surface area contributed by atoms with E-state index in [0.29, 0.717) is 12.6 Å². The maximum atomic E-state index is 12.3. The molecule has 1 aromatic heterocycles. The van der Waals surface area contributed by atoms with Crippen molar-refractivity contribution in [1.29, 1.82) is 0 Å². The molecule has 2 aliphatic rings. The lowest BCUT2D eigenvalue weighted by Gasteiger charge is -2.35. The first-order valence-electron chi connectivity index (χ1n) is 9.83. The molecule has 0 bridgehead atoms. The second-order valence-electron chi connectivity index (χ2n) is 7.73. The predicted molar refractivity (Wildman–Crippen MR) is 100 cm³/mol. The van der Waals surface area contributed by atoms with Crippen LogP contribution in [0.4, 0.5) is 0 Å². The summed E-state index contributed by atoms with van der Waals surface area (Å²) in [6.45, 7) is 7.95. The average molecular weight is 345 g/mol. The molecule has 0 spiro atoms. The van der Waals surface area contributed by atoms with Gasteiger partial charge < -0.3 is 10.2 Å². The number of rotatable bonds is 6. The van der Waals surface area contributed by atoms with E-state index < -0.39 is 0 Å². The van der Waals surface area contributed by atoms with Gasteiger partial charge in [-0.25, -0.2) is 0 Å². The van der Waals surface area contributed by atoms with Gasteiger partial charge in [-0.2, -0.15) is 0 Å². The Balaban J connectivity index is 1.32. The summed E-state index contributed by atoms with van der Waals surface area (Å²) in [4.78, 5) is 21.5. The Bertz CT molecular complexity index is 528. The Morgan fingerprint density at radius 2 is 2.00 bits per heavy atom. The number of pyridine rings is 1. The first kappa shape index (κ1) is 18.3. The van der Waals surface area contributed by atoms with Crippen molar-refractivity contribution in [3.8, 4) is 0 Å². The van der Waals surface area contributed by atoms with E-state index in [1.165, 1.54) is 12.8 Å². The maximum Gasteiger partial charge on any atom is 0.234 e. The average Bonchev–Trinajstić information content (AvgIpc) is 2.62. The third-order valence-electron chi connectivity index (χ3n) is 5.54. The molecule has 2 unspecified atom stereocenters. The molecule has 1 N–H and O–H groups in total. The molecular weight excluding hydrogens is 312 g/mol. The minimum Gasteiger partial charge on any atom is -0.352 e. The van der Waals surface area contributed by atoms with Gasteiger partial charge in [0.25, 0.3) is 0 Å². The van der Waals surface area contributed by atoms with E-state index in [1.807, 2.05) is 18.3 Å². The van der Waals surface area contributed by atoms with Crippen molar-refractivity contribution >= 4 is 5.91 Å². The molecule has 1 saturated carbocycles. The summed E-state index contributed by atoms with van der Waals surface area (Å²) in [6.07, 6.45) is 7.72. The van der Waals surface area contributed by atoms with E-state index in [4.69, 9.17) is 0 Å². The Hall–Kier alpha value is -1.46. The summed E-state index contributed by atoms with van der Waals surface area (Å²) in [7, 11) is 0. The highest BCUT2D eigenvalue weighted by molar-refractivity contribution is 5.78. The molecule has 1 aliphatic carbocycles. The standard InChI is InChI=1S/C20H32N4O/c1-17-5-4-7-19(15-17)22-20(25)16-24-13-11-23(12-14-24)10-8-18-6-2-3-9-21-18/h2-3,6,9,17,19H,4-5,7-8,10-16H2,1H3,(H,22,25). The minimum absolute atomic E-state index is 0.209. The van der Waals surface area contributed by atoms with Crippen molar-refractivity contribution < 1.29 is 4.79 Å². The van der Waals surface area contributed by atoms with Crippen LogP contribution in [0.15, 0.2) is 24.4 Å². The van der Waals surface area contributed by atoms with Crippen LogP contribution in [-0.2, 0) is 11.2 Å². The van der Waals surface area contributed by atoms with Crippen LogP contribution in [-0.4, -0.2) is 66.0 Å². The Kier molecular flexibility index (Phi) is 6.82. The number of aromatic nitrogens is 1. The Morgan fingerprint density at radius 3 is 2.72 bits per heavy atom. The molecule has 138 valence electrons. The molecule has 25 heavy (non-hydrogen) atoms. The quantitative estimate of drug-likeness (QED) is 0.857. The van der Waals surface area contributed by atoms with E-state index in [2.05, 4.69) is 33.1 Å². The molecule has 5 nitrogen and oxygen atoms in total. The largest absolute Gasteiger partial charge is 0.352 e. The molecule has 1 amide bonds. The summed E-state index contributed by atoms with van der Waals surface area (Å²) >= 11 is 0. The van der Waals surface area contributed by atoms with E-state index >= 15 is 0 Å². The number of nitrogens with zero attached hydrogens (tertiary/aromatic N) is 3. The fourth-order valence-electron chi connectivity index (χ4n) is 4.03. The molecule has 2 atom stereocenters. The Labute approximate surface area is 151 Å². The normalized spacial score (nSPS) is 25.6. The second-order valence-corrected chi connectivity index (χ2v) is 7.73. The van der Waals surface area contributed by atoms with Gasteiger partial charge >= 0.3 is 0 Å². The van der Waals surface area contributed by atoms with Crippen LogP contribution in [0.2, 0.25) is 0 Å². The van der Waals surface area contributed by atoms with Crippen LogP contribution in [0.25, 0.3) is 0 Å². The van der Waals surface area contributed by atoms with E-state index in [9.17, 15) is 4.79 Å². The highest BCUT2D eigenvalue weighted by atomic mass is 16.2. The highest BCUT2D eigenvalue weighted by Gasteiger charge is 2.23. The summed E-state index contributed by atoms with van der Waals surface area (Å²) < 4.78 is 0. The van der Waals surface area contributed by atoms with Crippen LogP contribution in [0.1, 0.15) is 38.3 Å². The summed E-state index contributed by atoms with van der Waals surface area (Å²) in [6, 6.07) is 6.50. The third kappa shape index (κ3) is 6.08. The van der Waals surface area contributed by atoms with Crippen molar-refractivity contribution in [3.05, 3.63) is 30.1 Å². The maximum absolute atomic E-state index is 12.3. The summed E-state index contributed by atoms with van der Waals surface area (Å²) in [5, 5.41) is 3.25. The molecular formula is C20H32N4O.